The number of ether oxygens (including phenoxy) is 10. The standard InChI is InChI=1S/C27H50N2O7.C26H46FNO7.C26H42N2O7.C24H40N2O8.2C2H6/c1-12-21-27(8,33)24(31)18(4)22(28-35-14-13-29(9)10)16(2)15-26(7,34-11)20(6)17(3)23(30)19(5)25(32)36-21;1-10-20-26(8,32)23(30)17(4)21(28-34-13-11-12-27)15(2)14-25(7,33-9)19(6)16(3)22(29)18(5)24(31)35-20;1-10-19-25(8)26(32)18(6)20(27-11-12-28(26)23(31)35-25)14(2)13-24(7,33-9)17(5)15(3)21(29)16(4)22(30)34-19;1-10-17-23(8)24(31,26(25)21(30)34-23)16(6)18(27)12(2)11-22(7,32-9)15(5)13(3)19(28)14(4)20(29)33-17;2*1-2/h16-21,24,31,33H,12-15H2,1-11H3;15-20,23,30,32H,10-14H2,1-9H3;14-19,32H,10-13H2,1-9H3;12-17,31H,10-11,25H2,1-9H3;2*1-2H3/t16-,17-,18+,19-,20-,21-,24-,26-,27-;15-,16-,17+,18-,19-,20-,23-,25-,26-;14-,15-,16-,17-,18+,19-,24-,25-,26+;12-,13-,14-,15-,16+,17-,22-,23-,24+;;/m1111../s1. The molecule has 0 aromatic heterocycles. The van der Waals surface area contributed by atoms with Crippen molar-refractivity contribution in [2.24, 2.45) is 140 Å². The number of esters is 4. The minimum atomic E-state index is -2.31. The second-order valence-electron chi connectivity index (χ2n) is 43.2. The molecule has 0 radical (unpaired) electrons. The van der Waals surface area contributed by atoms with E-state index >= 15 is 0 Å². The van der Waals surface area contributed by atoms with E-state index in [1.165, 1.54) is 60.5 Å². The van der Waals surface area contributed by atoms with Gasteiger partial charge >= 0.3 is 36.1 Å². The molecule has 6 saturated heterocycles. The van der Waals surface area contributed by atoms with Crippen LogP contribution in [0.5, 0.6) is 0 Å². The summed E-state index contributed by atoms with van der Waals surface area (Å²) in [6, 6.07) is 0. The molecule has 0 saturated carbocycles. The van der Waals surface area contributed by atoms with Crippen LogP contribution in [0.3, 0.4) is 0 Å². The zero-order valence-corrected chi connectivity index (χ0v) is 95.3. The molecule has 0 aromatic rings. The number of aliphatic hydroxyl groups excluding tert-OH is 2. The number of aliphatic imine (C=N–C) groups is 1. The molecule has 0 aromatic carbocycles. The van der Waals surface area contributed by atoms with Gasteiger partial charge in [0.05, 0.1) is 65.2 Å². The summed E-state index contributed by atoms with van der Waals surface area (Å²) >= 11 is 0. The average Bonchev–Trinajstić information content (AvgIpc) is 1.56. The predicted molar refractivity (Wildman–Crippen MR) is 546 cm³/mol. The van der Waals surface area contributed by atoms with Crippen LogP contribution in [-0.2, 0) is 100 Å². The maximum absolute atomic E-state index is 13.6. The number of halogens is 1. The first-order chi connectivity index (χ1) is 66.4. The van der Waals surface area contributed by atoms with Crippen molar-refractivity contribution in [1.29, 1.82) is 0 Å². The fraction of sp³-hybridized carbons (Fsp3) is 0.869. The Morgan fingerprint density at radius 3 is 1.01 bits per heavy atom. The number of nitrogens with zero attached hydrogens (tertiary/aromatic N) is 6. The van der Waals surface area contributed by atoms with E-state index in [0.717, 1.165) is 5.71 Å². The summed E-state index contributed by atoms with van der Waals surface area (Å²) in [5.74, 6) is -9.98. The first-order valence-corrected chi connectivity index (χ1v) is 52.4. The number of ketones is 5. The molecule has 834 valence electrons. The summed E-state index contributed by atoms with van der Waals surface area (Å²) in [7, 11) is 10.2. The fourth-order valence-corrected chi connectivity index (χ4v) is 22.1. The van der Waals surface area contributed by atoms with Crippen LogP contribution < -0.4 is 5.84 Å². The lowest BCUT2D eigenvalue weighted by atomic mass is 9.69. The van der Waals surface area contributed by atoms with E-state index in [1.54, 1.807) is 97.5 Å². The molecule has 37 heteroatoms. The SMILES string of the molecule is CC.CC.CC[C@H]1OC(=O)[C@H](C)C(=O)[C@H](C)[C@@H](C)[C@](C)(OC)C[C@@H](C)C(=NOCCCF)[C@H](C)[C@@H](O)[C@]1(C)O.CC[C@H]1OC(=O)[C@H](C)C(=O)[C@H](C)[C@@H](C)[C@](C)(OC)C[C@@H](C)C(=NOCCN(C)C)[C@H](C)[C@@H](O)[C@]1(C)O.CC[C@H]1OC(=O)[C@H](C)C(=O)[C@H](C)[C@@H](C)[C@](C)(OC)C[C@@H](C)C(=O)[C@H](C)[C@@]2(O)N(N)C(=O)O[C@]12C.CC[C@H]1OC(=O)[C@H](C)C(=O)[C@H](C)[C@@H](C)[C@](C)(OC)C[C@@H](C)C2=NCCN3C(=O)O[C@@]1(C)[C@@]3(O)[C@H]2C. The third-order valence-corrected chi connectivity index (χ3v) is 33.9. The molecule has 8 N–H and O–H groups in total. The Morgan fingerprint density at radius 1 is 0.417 bits per heavy atom. The number of carbonyl (C=O) groups is 11. The van der Waals surface area contributed by atoms with E-state index in [0.29, 0.717) is 55.4 Å². The Labute approximate surface area is 859 Å². The zero-order valence-electron chi connectivity index (χ0n) is 95.3. The molecule has 0 unspecified atom stereocenters. The van der Waals surface area contributed by atoms with Gasteiger partial charge in [0.2, 0.25) is 5.72 Å². The third kappa shape index (κ3) is 28.4. The van der Waals surface area contributed by atoms with Gasteiger partial charge in [-0.2, -0.15) is 0 Å². The van der Waals surface area contributed by atoms with Gasteiger partial charge in [-0.3, -0.25) is 57.4 Å². The summed E-state index contributed by atoms with van der Waals surface area (Å²) in [5.41, 5.74) is -12.5. The van der Waals surface area contributed by atoms with Crippen molar-refractivity contribution in [2.75, 3.05) is 82.1 Å². The highest BCUT2D eigenvalue weighted by Gasteiger charge is 2.72. The van der Waals surface area contributed by atoms with Gasteiger partial charge in [0.1, 0.15) is 101 Å². The lowest BCUT2D eigenvalue weighted by Crippen LogP contribution is -2.69. The Morgan fingerprint density at radius 2 is 0.708 bits per heavy atom. The van der Waals surface area contributed by atoms with Crippen LogP contribution in [0.1, 0.15) is 307 Å². The van der Waals surface area contributed by atoms with Gasteiger partial charge in [0, 0.05) is 113 Å². The first-order valence-electron chi connectivity index (χ1n) is 52.4. The van der Waals surface area contributed by atoms with E-state index in [4.69, 9.17) is 67.9 Å². The lowest BCUT2D eigenvalue weighted by Gasteiger charge is -2.47. The first kappa shape index (κ1) is 133. The van der Waals surface area contributed by atoms with Gasteiger partial charge in [0.15, 0.2) is 16.9 Å². The number of amides is 2. The molecule has 36 atom stereocenters. The Bertz CT molecular complexity index is 4330. The van der Waals surface area contributed by atoms with Crippen LogP contribution in [0.2, 0.25) is 0 Å². The number of methoxy groups -OCH3 is 4. The number of fused-ring (bicyclic) bond motifs is 2. The molecule has 0 spiro atoms. The molecule has 7 aliphatic heterocycles. The maximum atomic E-state index is 13.6. The number of hydrogen-bond donors (Lipinski definition) is 7. The summed E-state index contributed by atoms with van der Waals surface area (Å²) in [6.45, 7) is 64.8. The van der Waals surface area contributed by atoms with Gasteiger partial charge in [-0.1, -0.05) is 176 Å². The summed E-state index contributed by atoms with van der Waals surface area (Å²) < 4.78 is 70.2. The minimum absolute atomic E-state index is 0.0719. The second-order valence-corrected chi connectivity index (χ2v) is 43.2. The Kier molecular flexibility index (Phi) is 50.8. The monoisotopic (exact) mass is 2060 g/mol. The average molecular weight is 2060 g/mol. The minimum Gasteiger partial charge on any atom is -0.459 e. The Balaban J connectivity index is 0.000000641. The molecule has 7 aliphatic rings. The molecule has 144 heavy (non-hydrogen) atoms. The molecule has 2 amide bonds. The highest BCUT2D eigenvalue weighted by Crippen LogP contribution is 2.52. The van der Waals surface area contributed by atoms with Gasteiger partial charge in [0.25, 0.3) is 0 Å². The van der Waals surface area contributed by atoms with Crippen molar-refractivity contribution in [2.45, 2.75) is 400 Å². The normalized spacial score (nSPS) is 41.9. The number of rotatable bonds is 16. The smallest absolute Gasteiger partial charge is 0.427 e. The number of carbonyl (C=O) groups excluding carboxylic acids is 11. The van der Waals surface area contributed by atoms with Gasteiger partial charge < -0.3 is 92.6 Å². The molecule has 7 heterocycles. The number of hydrogen-bond acceptors (Lipinski definition) is 34. The number of nitrogens with two attached hydrogens (primary N) is 1. The van der Waals surface area contributed by atoms with E-state index in [9.17, 15) is 87.8 Å². The number of alkyl halides is 1. The lowest BCUT2D eigenvalue weighted by molar-refractivity contribution is -0.227. The second kappa shape index (κ2) is 55.0. The zero-order chi connectivity index (χ0) is 112. The number of oxime groups is 2. The van der Waals surface area contributed by atoms with E-state index in [-0.39, 0.29) is 122 Å². The van der Waals surface area contributed by atoms with Crippen molar-refractivity contribution in [3.8, 4) is 0 Å². The quantitative estimate of drug-likeness (QED) is 0.0143. The van der Waals surface area contributed by atoms with Crippen molar-refractivity contribution in [1.82, 2.24) is 14.8 Å². The van der Waals surface area contributed by atoms with Crippen LogP contribution in [0.15, 0.2) is 15.3 Å². The van der Waals surface area contributed by atoms with Gasteiger partial charge in [-0.25, -0.2) is 20.4 Å². The fourth-order valence-electron chi connectivity index (χ4n) is 22.1. The summed E-state index contributed by atoms with van der Waals surface area (Å²) in [6.07, 6.45) is -5.78. The number of cyclic esters (lactones) is 4. The molecule has 7 rings (SSSR count). The third-order valence-electron chi connectivity index (χ3n) is 33.9. The van der Waals surface area contributed by atoms with Crippen LogP contribution in [-0.4, -0.2) is 303 Å². The molecule has 36 nitrogen and oxygen atoms in total. The van der Waals surface area contributed by atoms with Crippen molar-refractivity contribution >= 4 is 82.1 Å². The van der Waals surface area contributed by atoms with Crippen molar-refractivity contribution in [3.63, 3.8) is 0 Å². The number of Topliss-reactive ketones (excluding diaryl/α,β-unsaturated/α-hetero) is 5. The van der Waals surface area contributed by atoms with Crippen molar-refractivity contribution < 1.29 is 145 Å². The van der Waals surface area contributed by atoms with E-state index in [1.807, 2.05) is 144 Å². The molecular formula is C107H190FN7O29. The number of hydrazine groups is 1. The molecule has 2 bridgehead atoms. The Hall–Kier alpha value is -7.17. The van der Waals surface area contributed by atoms with Crippen LogP contribution in [0, 0.1) is 118 Å². The summed E-state index contributed by atoms with van der Waals surface area (Å²) in [5, 5.41) is 78.6. The van der Waals surface area contributed by atoms with Crippen LogP contribution in [0.25, 0.3) is 0 Å². The van der Waals surface area contributed by atoms with Crippen molar-refractivity contribution in [3.05, 3.63) is 0 Å². The predicted octanol–water partition coefficient (Wildman–Crippen LogP) is 14.1. The molecular weight excluding hydrogens is 1870 g/mol. The van der Waals surface area contributed by atoms with Gasteiger partial charge in [-0.05, 0) is 178 Å². The highest BCUT2D eigenvalue weighted by molar-refractivity contribution is 6.02. The molecule has 0 aliphatic carbocycles. The maximum Gasteiger partial charge on any atom is 0.427 e. The van der Waals surface area contributed by atoms with Crippen LogP contribution >= 0.6 is 0 Å². The molecule has 6 fully saturated rings. The van der Waals surface area contributed by atoms with Crippen LogP contribution in [0.4, 0.5) is 14.0 Å². The topological polar surface area (TPSA) is 493 Å². The number of likely N-dealkylation sites (N-methyl/N-ethyl adjacent to an activating group) is 1. The largest absolute Gasteiger partial charge is 0.459 e. The van der Waals surface area contributed by atoms with E-state index < -0.39 is 213 Å². The van der Waals surface area contributed by atoms with Gasteiger partial charge in [-0.15, -0.1) is 0 Å². The highest BCUT2D eigenvalue weighted by atomic mass is 19.1. The summed E-state index contributed by atoms with van der Waals surface area (Å²) in [4.78, 5) is 163. The van der Waals surface area contributed by atoms with E-state index in [2.05, 4.69) is 10.3 Å². The number of aliphatic hydroxyl groups is 6.